The molecule has 0 spiro atoms. The lowest BCUT2D eigenvalue weighted by atomic mass is 9.59. The van der Waals surface area contributed by atoms with Crippen LogP contribution in [0.1, 0.15) is 65.1 Å². The Morgan fingerprint density at radius 1 is 1.03 bits per heavy atom. The van der Waals surface area contributed by atoms with E-state index >= 15 is 0 Å². The second kappa shape index (κ2) is 15.1. The largest absolute Gasteiger partial charge is 0.508 e. The number of phenols is 2. The average Bonchev–Trinajstić information content (AvgIpc) is 3.92. The summed E-state index contributed by atoms with van der Waals surface area (Å²) < 4.78 is 10.9. The highest BCUT2D eigenvalue weighted by Crippen LogP contribution is 2.59. The van der Waals surface area contributed by atoms with Crippen LogP contribution in [0.5, 0.6) is 17.2 Å². The quantitative estimate of drug-likeness (QED) is 0.0806. The fourth-order valence-electron chi connectivity index (χ4n) is 9.81. The molecule has 0 bridgehead atoms. The van der Waals surface area contributed by atoms with Crippen molar-refractivity contribution in [1.82, 2.24) is 9.97 Å². The van der Waals surface area contributed by atoms with Gasteiger partial charge >= 0.3 is 11.9 Å². The molecule has 16 heteroatoms. The number of nitrogens with one attached hydrogen (secondary N) is 1. The molecule has 3 heterocycles. The molecule has 10 unspecified atom stereocenters. The molecule has 10 atom stereocenters. The van der Waals surface area contributed by atoms with E-state index in [-0.39, 0.29) is 29.8 Å². The molecular weight excluding hydrogens is 752 g/mol. The summed E-state index contributed by atoms with van der Waals surface area (Å²) in [5, 5.41) is 85.4. The van der Waals surface area contributed by atoms with Gasteiger partial charge in [0.15, 0.2) is 17.6 Å². The molecule has 3 aromatic carbocycles. The number of benzene rings is 3. The molecule has 0 radical (unpaired) electrons. The van der Waals surface area contributed by atoms with Crippen molar-refractivity contribution in [2.45, 2.75) is 92.3 Å². The van der Waals surface area contributed by atoms with Crippen molar-refractivity contribution in [2.24, 2.45) is 11.7 Å². The zero-order valence-electron chi connectivity index (χ0n) is 31.3. The minimum Gasteiger partial charge on any atom is -0.508 e. The van der Waals surface area contributed by atoms with Gasteiger partial charge in [-0.05, 0) is 84.6 Å². The Morgan fingerprint density at radius 3 is 2.57 bits per heavy atom. The summed E-state index contributed by atoms with van der Waals surface area (Å²) in [6.45, 7) is -0.886. The summed E-state index contributed by atoms with van der Waals surface area (Å²) in [7, 11) is 0. The monoisotopic (exact) mass is 798 g/mol. The lowest BCUT2D eigenvalue weighted by Crippen LogP contribution is -2.67. The molecule has 1 saturated carbocycles. The number of H-pyrrole nitrogens is 1. The van der Waals surface area contributed by atoms with Crippen molar-refractivity contribution < 1.29 is 59.9 Å². The number of carbonyl (C=O) groups excluding carboxylic acids is 1. The van der Waals surface area contributed by atoms with E-state index in [0.717, 1.165) is 47.0 Å². The minimum absolute atomic E-state index is 0.0160. The molecule has 1 amide bonds. The van der Waals surface area contributed by atoms with Gasteiger partial charge in [-0.3, -0.25) is 9.69 Å². The second-order valence-corrected chi connectivity index (χ2v) is 15.8. The number of ether oxygens (including phenoxy) is 2. The van der Waals surface area contributed by atoms with Crippen LogP contribution >= 0.6 is 0 Å². The van der Waals surface area contributed by atoms with Gasteiger partial charge in [-0.15, -0.1) is 0 Å². The van der Waals surface area contributed by atoms with Crippen LogP contribution in [0.4, 0.5) is 5.69 Å². The SMILES string of the molecule is NC1CCC2CCc3ccccc3C12CC1c2cc(O)c(OC3(O)OC(CO)C(O)C(O)C3O)cc2N(C(=O)C=Cc2ccc(O)c(Cc3cnc[nH]3)c2)C1C(=O)O. The summed E-state index contributed by atoms with van der Waals surface area (Å²) in [6, 6.07) is 13.3. The van der Waals surface area contributed by atoms with E-state index in [1.165, 1.54) is 30.6 Å². The lowest BCUT2D eigenvalue weighted by molar-refractivity contribution is -0.422. The molecule has 4 aromatic rings. The maximum atomic E-state index is 14.5. The Bertz CT molecular complexity index is 2230. The van der Waals surface area contributed by atoms with E-state index < -0.39 is 77.7 Å². The van der Waals surface area contributed by atoms with E-state index in [2.05, 4.69) is 16.0 Å². The molecule has 2 aliphatic heterocycles. The van der Waals surface area contributed by atoms with Crippen molar-refractivity contribution in [3.8, 4) is 17.2 Å². The van der Waals surface area contributed by atoms with Crippen LogP contribution < -0.4 is 15.4 Å². The molecule has 1 aromatic heterocycles. The summed E-state index contributed by atoms with van der Waals surface area (Å²) >= 11 is 0. The van der Waals surface area contributed by atoms with E-state index in [4.69, 9.17) is 15.2 Å². The Morgan fingerprint density at radius 2 is 1.83 bits per heavy atom. The first-order valence-corrected chi connectivity index (χ1v) is 19.2. The first-order valence-electron chi connectivity index (χ1n) is 19.2. The zero-order chi connectivity index (χ0) is 41.1. The maximum Gasteiger partial charge on any atom is 0.355 e. The molecule has 58 heavy (non-hydrogen) atoms. The van der Waals surface area contributed by atoms with Crippen molar-refractivity contribution in [3.05, 3.63) is 107 Å². The normalized spacial score (nSPS) is 31.5. The van der Waals surface area contributed by atoms with Crippen LogP contribution in [-0.4, -0.2) is 112 Å². The molecular formula is C42H46N4O12. The maximum absolute atomic E-state index is 14.5. The number of hydrogen-bond donors (Lipinski definition) is 10. The highest BCUT2D eigenvalue weighted by molar-refractivity contribution is 6.10. The third kappa shape index (κ3) is 6.60. The van der Waals surface area contributed by atoms with E-state index in [1.54, 1.807) is 18.3 Å². The van der Waals surface area contributed by atoms with E-state index in [9.17, 15) is 50.4 Å². The Hall–Kier alpha value is -5.33. The van der Waals surface area contributed by atoms with Crippen LogP contribution in [-0.2, 0) is 32.6 Å². The molecule has 8 rings (SSSR count). The van der Waals surface area contributed by atoms with Crippen LogP contribution in [0, 0.1) is 5.92 Å². The lowest BCUT2D eigenvalue weighted by Gasteiger charge is -2.46. The Kier molecular flexibility index (Phi) is 10.3. The molecule has 1 saturated heterocycles. The molecule has 16 nitrogen and oxygen atoms in total. The van der Waals surface area contributed by atoms with Gasteiger partial charge in [0.1, 0.15) is 30.1 Å². The number of aliphatic hydroxyl groups is 5. The molecule has 11 N–H and O–H groups in total. The fourth-order valence-corrected chi connectivity index (χ4v) is 9.81. The number of aliphatic carboxylic acids is 1. The number of carboxylic acid groups (broad SMARTS) is 1. The minimum atomic E-state index is -3.11. The van der Waals surface area contributed by atoms with Crippen molar-refractivity contribution >= 4 is 23.6 Å². The van der Waals surface area contributed by atoms with Crippen LogP contribution in [0.2, 0.25) is 0 Å². The van der Waals surface area contributed by atoms with Crippen LogP contribution in [0.25, 0.3) is 6.08 Å². The first kappa shape index (κ1) is 39.5. The number of anilines is 1. The number of aromatic nitrogens is 2. The Balaban J connectivity index is 1.21. The topological polar surface area (TPSA) is 272 Å². The number of aryl methyl sites for hydroxylation is 1. The third-order valence-electron chi connectivity index (χ3n) is 12.6. The van der Waals surface area contributed by atoms with Crippen molar-refractivity contribution in [3.63, 3.8) is 0 Å². The highest BCUT2D eigenvalue weighted by Gasteiger charge is 2.58. The molecule has 306 valence electrons. The van der Waals surface area contributed by atoms with Crippen LogP contribution in [0.15, 0.2) is 73.2 Å². The van der Waals surface area contributed by atoms with Gasteiger partial charge < -0.3 is 61.0 Å². The highest BCUT2D eigenvalue weighted by atomic mass is 16.8. The number of nitrogens with two attached hydrogens (primary N) is 1. The van der Waals surface area contributed by atoms with E-state index in [1.807, 2.05) is 18.2 Å². The average molecular weight is 799 g/mol. The molecule has 4 aliphatic rings. The predicted molar refractivity (Wildman–Crippen MR) is 206 cm³/mol. The number of carboxylic acids is 1. The van der Waals surface area contributed by atoms with Gasteiger partial charge in [0.25, 0.3) is 5.91 Å². The van der Waals surface area contributed by atoms with Gasteiger partial charge in [-0.1, -0.05) is 30.3 Å². The number of phenolic OH excluding ortho intramolecular Hbond substituents is 2. The van der Waals surface area contributed by atoms with Crippen molar-refractivity contribution in [2.75, 3.05) is 11.5 Å². The number of imidazole rings is 1. The summed E-state index contributed by atoms with van der Waals surface area (Å²) in [5.41, 5.74) is 10.6. The number of aliphatic hydroxyl groups excluding tert-OH is 4. The zero-order valence-corrected chi connectivity index (χ0v) is 31.3. The van der Waals surface area contributed by atoms with Crippen molar-refractivity contribution in [1.29, 1.82) is 0 Å². The number of rotatable bonds is 10. The van der Waals surface area contributed by atoms with Crippen LogP contribution in [0.3, 0.4) is 0 Å². The number of carbonyl (C=O) groups is 2. The third-order valence-corrected chi connectivity index (χ3v) is 12.6. The number of amides is 1. The van der Waals surface area contributed by atoms with E-state index in [0.29, 0.717) is 29.5 Å². The number of aromatic amines is 1. The van der Waals surface area contributed by atoms with Gasteiger partial charge in [-0.2, -0.15) is 0 Å². The van der Waals surface area contributed by atoms with Gasteiger partial charge in [0.2, 0.25) is 0 Å². The predicted octanol–water partition coefficient (Wildman–Crippen LogP) is 1.52. The standard InChI is InChI=1S/C42H46N4O12/c43-34-11-9-24-8-7-22-3-1-2-4-28(22)41(24,34)17-27-26-15-31(49)32(57-42(56)39(53)38(52)37(51)33(19-47)58-42)16-29(26)46(36(27)40(54)55)35(50)12-6-21-5-10-30(48)23(13-21)14-25-18-44-20-45-25/h1-6,10,12-13,15-16,18,20,24,27,33-34,36-39,47-49,51-53,56H,7-9,11,14,17,19,43H2,(H,44,45)(H,54,55). The summed E-state index contributed by atoms with van der Waals surface area (Å²) in [4.78, 5) is 36.1. The molecule has 2 fully saturated rings. The first-order chi connectivity index (χ1) is 27.7. The Labute approximate surface area is 332 Å². The summed E-state index contributed by atoms with van der Waals surface area (Å²) in [5.74, 6) is -7.13. The fraction of sp³-hybridized carbons (Fsp3) is 0.405. The summed E-state index contributed by atoms with van der Waals surface area (Å²) in [6.07, 6.45) is 1.84. The second-order valence-electron chi connectivity index (χ2n) is 15.8. The molecule has 2 aliphatic carbocycles. The number of aromatic hydroxyl groups is 2. The number of nitrogens with zero attached hydrogens (tertiary/aromatic N) is 2. The number of fused-ring (bicyclic) bond motifs is 4. The van der Waals surface area contributed by atoms with Gasteiger partial charge in [0, 0.05) is 53.4 Å². The van der Waals surface area contributed by atoms with Gasteiger partial charge in [0.05, 0.1) is 18.6 Å². The smallest absolute Gasteiger partial charge is 0.355 e. The van der Waals surface area contributed by atoms with Gasteiger partial charge in [-0.25, -0.2) is 9.78 Å². The number of hydrogen-bond acceptors (Lipinski definition) is 13.